The third-order valence-electron chi connectivity index (χ3n) is 2.86. The van der Waals surface area contributed by atoms with Crippen molar-refractivity contribution in [2.24, 2.45) is 5.73 Å². The summed E-state index contributed by atoms with van der Waals surface area (Å²) in [4.78, 5) is 0. The summed E-state index contributed by atoms with van der Waals surface area (Å²) in [6, 6.07) is 9.35. The van der Waals surface area contributed by atoms with E-state index >= 15 is 0 Å². The van der Waals surface area contributed by atoms with Gasteiger partial charge in [0.1, 0.15) is 5.82 Å². The molecule has 0 fully saturated rings. The molecule has 0 aliphatic heterocycles. The molecule has 0 aliphatic rings. The number of hydrogen-bond acceptors (Lipinski definition) is 1. The van der Waals surface area contributed by atoms with Crippen LogP contribution in [0, 0.1) is 12.7 Å². The van der Waals surface area contributed by atoms with Crippen molar-refractivity contribution in [1.29, 1.82) is 0 Å². The second-order valence-electron chi connectivity index (χ2n) is 4.14. The smallest absolute Gasteiger partial charge is 0.129 e. The van der Waals surface area contributed by atoms with Gasteiger partial charge < -0.3 is 5.73 Å². The van der Waals surface area contributed by atoms with Gasteiger partial charge in [0, 0.05) is 15.6 Å². The van der Waals surface area contributed by atoms with Crippen molar-refractivity contribution in [3.05, 3.63) is 69.0 Å². The third-order valence-corrected chi connectivity index (χ3v) is 3.33. The first-order valence-electron chi connectivity index (χ1n) is 5.45. The Hall–Kier alpha value is -1.09. The molecule has 0 saturated carbocycles. The van der Waals surface area contributed by atoms with Gasteiger partial charge in [0.05, 0.1) is 6.04 Å². The van der Waals surface area contributed by atoms with Gasteiger partial charge in [0.25, 0.3) is 0 Å². The van der Waals surface area contributed by atoms with E-state index in [0.29, 0.717) is 15.6 Å². The molecule has 1 nitrogen and oxygen atoms in total. The average Bonchev–Trinajstić information content (AvgIpc) is 2.28. The highest BCUT2D eigenvalue weighted by atomic mass is 35.5. The number of halogens is 3. The first-order valence-corrected chi connectivity index (χ1v) is 6.21. The van der Waals surface area contributed by atoms with E-state index in [9.17, 15) is 4.39 Å². The van der Waals surface area contributed by atoms with Crippen LogP contribution in [-0.2, 0) is 0 Å². The van der Waals surface area contributed by atoms with Crippen LogP contribution in [0.2, 0.25) is 10.0 Å². The molecule has 0 aromatic heterocycles. The molecule has 94 valence electrons. The summed E-state index contributed by atoms with van der Waals surface area (Å²) in [7, 11) is 0. The molecule has 0 spiro atoms. The summed E-state index contributed by atoms with van der Waals surface area (Å²) in [5.74, 6) is -0.399. The van der Waals surface area contributed by atoms with E-state index in [2.05, 4.69) is 0 Å². The predicted octanol–water partition coefficient (Wildman–Crippen LogP) is 4.49. The number of rotatable bonds is 2. The molecule has 1 unspecified atom stereocenters. The molecule has 0 aliphatic carbocycles. The molecule has 2 rings (SSSR count). The topological polar surface area (TPSA) is 26.0 Å². The standard InChI is InChI=1S/C14H12Cl2FN/c1-8-6-9(15)2-4-11(8)14(18)12-5-3-10(16)7-13(12)17/h2-7,14H,18H2,1H3. The zero-order chi connectivity index (χ0) is 13.3. The lowest BCUT2D eigenvalue weighted by atomic mass is 9.95. The van der Waals surface area contributed by atoms with Gasteiger partial charge >= 0.3 is 0 Å². The fraction of sp³-hybridized carbons (Fsp3) is 0.143. The molecule has 4 heteroatoms. The molecule has 2 aromatic rings. The second kappa shape index (κ2) is 5.27. The van der Waals surface area contributed by atoms with Gasteiger partial charge in [-0.2, -0.15) is 0 Å². The molecule has 18 heavy (non-hydrogen) atoms. The first-order chi connectivity index (χ1) is 8.49. The maximum Gasteiger partial charge on any atom is 0.129 e. The lowest BCUT2D eigenvalue weighted by Crippen LogP contribution is -2.14. The molecule has 1 atom stereocenters. The van der Waals surface area contributed by atoms with Gasteiger partial charge in [-0.05, 0) is 42.3 Å². The Kier molecular flexibility index (Phi) is 3.91. The van der Waals surface area contributed by atoms with Crippen LogP contribution in [-0.4, -0.2) is 0 Å². The van der Waals surface area contributed by atoms with Crippen LogP contribution in [0.15, 0.2) is 36.4 Å². The molecule has 0 saturated heterocycles. The zero-order valence-electron chi connectivity index (χ0n) is 9.75. The van der Waals surface area contributed by atoms with Crippen LogP contribution in [0.25, 0.3) is 0 Å². The third kappa shape index (κ3) is 2.66. The fourth-order valence-electron chi connectivity index (χ4n) is 1.91. The highest BCUT2D eigenvalue weighted by Gasteiger charge is 2.15. The largest absolute Gasteiger partial charge is 0.320 e. The molecule has 0 radical (unpaired) electrons. The Bertz CT molecular complexity index is 533. The van der Waals surface area contributed by atoms with Crippen molar-refractivity contribution >= 4 is 23.2 Å². The van der Waals surface area contributed by atoms with Crippen molar-refractivity contribution in [3.63, 3.8) is 0 Å². The average molecular weight is 284 g/mol. The van der Waals surface area contributed by atoms with Crippen LogP contribution in [0.5, 0.6) is 0 Å². The van der Waals surface area contributed by atoms with E-state index in [4.69, 9.17) is 28.9 Å². The molecule has 0 bridgehead atoms. The van der Waals surface area contributed by atoms with E-state index in [-0.39, 0.29) is 0 Å². The summed E-state index contributed by atoms with van der Waals surface area (Å²) >= 11 is 11.6. The second-order valence-corrected chi connectivity index (χ2v) is 5.02. The van der Waals surface area contributed by atoms with Gasteiger partial charge in [-0.3, -0.25) is 0 Å². The van der Waals surface area contributed by atoms with Crippen LogP contribution in [0.3, 0.4) is 0 Å². The molecular weight excluding hydrogens is 272 g/mol. The van der Waals surface area contributed by atoms with E-state index in [0.717, 1.165) is 11.1 Å². The minimum absolute atomic E-state index is 0.358. The number of benzene rings is 2. The highest BCUT2D eigenvalue weighted by molar-refractivity contribution is 6.30. The van der Waals surface area contributed by atoms with Crippen LogP contribution < -0.4 is 5.73 Å². The SMILES string of the molecule is Cc1cc(Cl)ccc1C(N)c1ccc(Cl)cc1F. The van der Waals surface area contributed by atoms with Crippen LogP contribution >= 0.6 is 23.2 Å². The maximum absolute atomic E-state index is 13.8. The minimum Gasteiger partial charge on any atom is -0.320 e. The normalized spacial score (nSPS) is 12.5. The Morgan fingerprint density at radius 3 is 2.11 bits per heavy atom. The Labute approximate surface area is 115 Å². The summed E-state index contributed by atoms with van der Waals surface area (Å²) in [6.45, 7) is 1.90. The predicted molar refractivity (Wildman–Crippen MR) is 73.6 cm³/mol. The summed E-state index contributed by atoms with van der Waals surface area (Å²) in [5, 5.41) is 0.997. The maximum atomic E-state index is 13.8. The van der Waals surface area contributed by atoms with Crippen molar-refractivity contribution in [2.45, 2.75) is 13.0 Å². The lowest BCUT2D eigenvalue weighted by molar-refractivity contribution is 0.599. The minimum atomic E-state index is -0.528. The first kappa shape index (κ1) is 13.3. The van der Waals surface area contributed by atoms with Gasteiger partial charge in [-0.15, -0.1) is 0 Å². The van der Waals surface area contributed by atoms with Gasteiger partial charge in [-0.1, -0.05) is 35.3 Å². The summed E-state index contributed by atoms with van der Waals surface area (Å²) < 4.78 is 13.8. The molecule has 0 heterocycles. The monoisotopic (exact) mass is 283 g/mol. The van der Waals surface area contributed by atoms with Gasteiger partial charge in [0.2, 0.25) is 0 Å². The summed E-state index contributed by atoms with van der Waals surface area (Å²) in [6.07, 6.45) is 0. The van der Waals surface area contributed by atoms with Gasteiger partial charge in [-0.25, -0.2) is 4.39 Å². The Morgan fingerprint density at radius 2 is 1.56 bits per heavy atom. The van der Waals surface area contributed by atoms with Crippen LogP contribution in [0.1, 0.15) is 22.7 Å². The lowest BCUT2D eigenvalue weighted by Gasteiger charge is -2.16. The number of nitrogens with two attached hydrogens (primary N) is 1. The molecule has 2 N–H and O–H groups in total. The summed E-state index contributed by atoms with van der Waals surface area (Å²) in [5.41, 5.74) is 8.30. The molecule has 0 amide bonds. The molecular formula is C14H12Cl2FN. The highest BCUT2D eigenvalue weighted by Crippen LogP contribution is 2.27. The molecule has 2 aromatic carbocycles. The number of hydrogen-bond donors (Lipinski definition) is 1. The Balaban J connectivity index is 2.44. The van der Waals surface area contributed by atoms with Crippen molar-refractivity contribution in [1.82, 2.24) is 0 Å². The van der Waals surface area contributed by atoms with Gasteiger partial charge in [0.15, 0.2) is 0 Å². The van der Waals surface area contributed by atoms with Crippen LogP contribution in [0.4, 0.5) is 4.39 Å². The quantitative estimate of drug-likeness (QED) is 0.864. The van der Waals surface area contributed by atoms with E-state index in [1.807, 2.05) is 19.1 Å². The Morgan fingerprint density at radius 1 is 1.00 bits per heavy atom. The number of aryl methyl sites for hydroxylation is 1. The fourth-order valence-corrected chi connectivity index (χ4v) is 2.29. The zero-order valence-corrected chi connectivity index (χ0v) is 11.3. The van der Waals surface area contributed by atoms with E-state index in [1.54, 1.807) is 18.2 Å². The van der Waals surface area contributed by atoms with Crippen molar-refractivity contribution in [2.75, 3.05) is 0 Å². The van der Waals surface area contributed by atoms with E-state index < -0.39 is 11.9 Å². The van der Waals surface area contributed by atoms with Crippen molar-refractivity contribution in [3.8, 4) is 0 Å². The van der Waals surface area contributed by atoms with Crippen molar-refractivity contribution < 1.29 is 4.39 Å². The van der Waals surface area contributed by atoms with E-state index in [1.165, 1.54) is 6.07 Å².